The van der Waals surface area contributed by atoms with E-state index in [9.17, 15) is 8.42 Å². The Labute approximate surface area is 179 Å². The lowest BCUT2D eigenvalue weighted by Crippen LogP contribution is -2.15. The third kappa shape index (κ3) is 3.17. The lowest BCUT2D eigenvalue weighted by atomic mass is 10.0. The van der Waals surface area contributed by atoms with Crippen molar-refractivity contribution in [1.29, 1.82) is 0 Å². The summed E-state index contributed by atoms with van der Waals surface area (Å²) in [7, 11) is -3.96. The molecule has 0 radical (unpaired) electrons. The molecule has 1 aliphatic rings. The highest BCUT2D eigenvalue weighted by Crippen LogP contribution is 2.44. The van der Waals surface area contributed by atoms with Gasteiger partial charge in [-0.05, 0) is 54.0 Å². The molecular formula is C21H18Cl3NO2S. The predicted octanol–water partition coefficient (Wildman–Crippen LogP) is 6.79. The number of hydrogen-bond donors (Lipinski definition) is 0. The summed E-state index contributed by atoms with van der Waals surface area (Å²) in [6.07, 6.45) is 4.62. The molecule has 1 atom stereocenters. The average Bonchev–Trinajstić information content (AvgIpc) is 3.24. The highest BCUT2D eigenvalue weighted by molar-refractivity contribution is 7.90. The van der Waals surface area contributed by atoms with Crippen LogP contribution in [0.5, 0.6) is 0 Å². The van der Waals surface area contributed by atoms with Crippen LogP contribution < -0.4 is 0 Å². The zero-order chi connectivity index (χ0) is 20.1. The van der Waals surface area contributed by atoms with Crippen molar-refractivity contribution in [2.75, 3.05) is 0 Å². The molecule has 0 spiro atoms. The minimum atomic E-state index is -3.96. The van der Waals surface area contributed by atoms with Gasteiger partial charge in [0.2, 0.25) is 0 Å². The normalized spacial score (nSPS) is 16.4. The van der Waals surface area contributed by atoms with E-state index in [0.717, 1.165) is 36.0 Å². The van der Waals surface area contributed by atoms with Gasteiger partial charge in [-0.1, -0.05) is 72.1 Å². The minimum absolute atomic E-state index is 0.0503. The number of nitrogens with zero attached hydrogens (tertiary/aromatic N) is 1. The van der Waals surface area contributed by atoms with Gasteiger partial charge < -0.3 is 0 Å². The summed E-state index contributed by atoms with van der Waals surface area (Å²) in [6, 6.07) is 12.3. The monoisotopic (exact) mass is 453 g/mol. The SMILES string of the molecule is CCC1CCc2c1cn(S(=O)(=O)c1cc(Cl)c(Cl)cc1Cl)c2-c1ccccc1. The molecule has 28 heavy (non-hydrogen) atoms. The zero-order valence-electron chi connectivity index (χ0n) is 15.1. The number of aromatic nitrogens is 1. The van der Waals surface area contributed by atoms with Crippen LogP contribution in [0, 0.1) is 0 Å². The molecule has 1 unspecified atom stereocenters. The van der Waals surface area contributed by atoms with Crippen LogP contribution in [0.3, 0.4) is 0 Å². The van der Waals surface area contributed by atoms with Crippen LogP contribution in [-0.2, 0) is 16.4 Å². The first-order valence-electron chi connectivity index (χ1n) is 9.04. The van der Waals surface area contributed by atoms with E-state index in [0.29, 0.717) is 11.6 Å². The van der Waals surface area contributed by atoms with Gasteiger partial charge in [-0.3, -0.25) is 0 Å². The number of hydrogen-bond acceptors (Lipinski definition) is 2. The van der Waals surface area contributed by atoms with Crippen LogP contribution in [-0.4, -0.2) is 12.4 Å². The largest absolute Gasteiger partial charge is 0.269 e. The van der Waals surface area contributed by atoms with Crippen molar-refractivity contribution >= 4 is 44.8 Å². The number of fused-ring (bicyclic) bond motifs is 1. The maximum Gasteiger partial charge on any atom is 0.269 e. The summed E-state index contributed by atoms with van der Waals surface area (Å²) >= 11 is 18.3. The Morgan fingerprint density at radius 1 is 1.04 bits per heavy atom. The fourth-order valence-corrected chi connectivity index (χ4v) is 6.34. The van der Waals surface area contributed by atoms with Crippen molar-refractivity contribution < 1.29 is 8.42 Å². The highest BCUT2D eigenvalue weighted by Gasteiger charge is 2.33. The molecule has 3 nitrogen and oxygen atoms in total. The second-order valence-electron chi connectivity index (χ2n) is 6.92. The fourth-order valence-electron chi connectivity index (χ4n) is 3.95. The Morgan fingerprint density at radius 3 is 2.39 bits per heavy atom. The number of rotatable bonds is 4. The second kappa shape index (κ2) is 7.42. The second-order valence-corrected chi connectivity index (χ2v) is 9.92. The van der Waals surface area contributed by atoms with Crippen LogP contribution in [0.1, 0.15) is 36.8 Å². The Morgan fingerprint density at radius 2 is 1.71 bits per heavy atom. The molecule has 3 aromatic rings. The summed E-state index contributed by atoms with van der Waals surface area (Å²) < 4.78 is 28.5. The first-order chi connectivity index (χ1) is 13.3. The standard InChI is InChI=1S/C21H18Cl3NO2S/c1-2-13-8-9-15-16(13)12-25(21(15)14-6-4-3-5-7-14)28(26,27)20-11-18(23)17(22)10-19(20)24/h3-7,10-13H,2,8-9H2,1H3. The lowest BCUT2D eigenvalue weighted by molar-refractivity contribution is 0.586. The average molecular weight is 455 g/mol. The van der Waals surface area contributed by atoms with Crippen LogP contribution in [0.15, 0.2) is 53.6 Å². The Kier molecular flexibility index (Phi) is 5.25. The minimum Gasteiger partial charge on any atom is -0.241 e. The summed E-state index contributed by atoms with van der Waals surface area (Å²) in [6.45, 7) is 2.13. The van der Waals surface area contributed by atoms with Gasteiger partial charge in [-0.2, -0.15) is 0 Å². The van der Waals surface area contributed by atoms with Gasteiger partial charge in [0.1, 0.15) is 4.90 Å². The van der Waals surface area contributed by atoms with E-state index in [1.54, 1.807) is 6.20 Å². The molecule has 1 aromatic heterocycles. The van der Waals surface area contributed by atoms with Gasteiger partial charge in [0, 0.05) is 6.20 Å². The Bertz CT molecular complexity index is 1150. The molecule has 146 valence electrons. The predicted molar refractivity (Wildman–Crippen MR) is 115 cm³/mol. The van der Waals surface area contributed by atoms with Crippen molar-refractivity contribution in [1.82, 2.24) is 3.97 Å². The van der Waals surface area contributed by atoms with E-state index >= 15 is 0 Å². The number of halogens is 3. The first-order valence-corrected chi connectivity index (χ1v) is 11.6. The molecule has 0 bridgehead atoms. The lowest BCUT2D eigenvalue weighted by Gasteiger charge is -2.14. The zero-order valence-corrected chi connectivity index (χ0v) is 18.2. The van der Waals surface area contributed by atoms with Crippen molar-refractivity contribution in [3.05, 3.63) is 74.9 Å². The Hall–Kier alpha value is -1.46. The summed E-state index contributed by atoms with van der Waals surface area (Å²) in [5.74, 6) is 0.359. The van der Waals surface area contributed by atoms with Crippen LogP contribution in [0.2, 0.25) is 15.1 Å². The quantitative estimate of drug-likeness (QED) is 0.407. The van der Waals surface area contributed by atoms with E-state index in [-0.39, 0.29) is 20.0 Å². The molecule has 1 heterocycles. The molecule has 7 heteroatoms. The van der Waals surface area contributed by atoms with Gasteiger partial charge in [-0.15, -0.1) is 0 Å². The molecule has 0 N–H and O–H groups in total. The maximum atomic E-state index is 13.6. The summed E-state index contributed by atoms with van der Waals surface area (Å²) in [5.41, 5.74) is 3.76. The molecule has 4 rings (SSSR count). The van der Waals surface area contributed by atoms with Gasteiger partial charge in [0.25, 0.3) is 10.0 Å². The van der Waals surface area contributed by atoms with Gasteiger partial charge in [0.15, 0.2) is 0 Å². The molecule has 0 amide bonds. The molecule has 0 fully saturated rings. The van der Waals surface area contributed by atoms with Gasteiger partial charge in [-0.25, -0.2) is 12.4 Å². The van der Waals surface area contributed by atoms with Crippen LogP contribution in [0.25, 0.3) is 11.3 Å². The third-order valence-electron chi connectivity index (χ3n) is 5.35. The third-order valence-corrected chi connectivity index (χ3v) is 8.19. The van der Waals surface area contributed by atoms with E-state index in [1.165, 1.54) is 16.1 Å². The van der Waals surface area contributed by atoms with Crippen LogP contribution >= 0.6 is 34.8 Å². The molecule has 1 aliphatic carbocycles. The Balaban J connectivity index is 1.99. The van der Waals surface area contributed by atoms with Crippen molar-refractivity contribution in [3.63, 3.8) is 0 Å². The van der Waals surface area contributed by atoms with E-state index in [2.05, 4.69) is 6.92 Å². The first kappa shape index (κ1) is 19.8. The van der Waals surface area contributed by atoms with E-state index < -0.39 is 10.0 Å². The topological polar surface area (TPSA) is 39.1 Å². The summed E-state index contributed by atoms with van der Waals surface area (Å²) in [5, 5.41) is 0.418. The molecule has 0 saturated carbocycles. The van der Waals surface area contributed by atoms with Crippen molar-refractivity contribution in [3.8, 4) is 11.3 Å². The highest BCUT2D eigenvalue weighted by atomic mass is 35.5. The molecule has 0 aliphatic heterocycles. The van der Waals surface area contributed by atoms with Crippen molar-refractivity contribution in [2.45, 2.75) is 37.0 Å². The van der Waals surface area contributed by atoms with E-state index in [1.807, 2.05) is 30.3 Å². The van der Waals surface area contributed by atoms with E-state index in [4.69, 9.17) is 34.8 Å². The van der Waals surface area contributed by atoms with Gasteiger partial charge in [0.05, 0.1) is 20.8 Å². The number of benzene rings is 2. The molecule has 0 saturated heterocycles. The summed E-state index contributed by atoms with van der Waals surface area (Å²) in [4.78, 5) is -0.0533. The fraction of sp³-hybridized carbons (Fsp3) is 0.238. The molecule has 2 aromatic carbocycles. The smallest absolute Gasteiger partial charge is 0.241 e. The maximum absolute atomic E-state index is 13.6. The van der Waals surface area contributed by atoms with Crippen LogP contribution in [0.4, 0.5) is 0 Å². The molecular weight excluding hydrogens is 437 g/mol. The van der Waals surface area contributed by atoms with Crippen molar-refractivity contribution in [2.24, 2.45) is 0 Å². The van der Waals surface area contributed by atoms with Gasteiger partial charge >= 0.3 is 0 Å².